The summed E-state index contributed by atoms with van der Waals surface area (Å²) < 4.78 is 6.88. The van der Waals surface area contributed by atoms with Gasteiger partial charge in [-0.2, -0.15) is 0 Å². The first-order valence-electron chi connectivity index (χ1n) is 6.14. The van der Waals surface area contributed by atoms with Gasteiger partial charge in [-0.05, 0) is 41.8 Å². The second-order valence-corrected chi connectivity index (χ2v) is 5.48. The number of nitrogens with zero attached hydrogens (tertiary/aromatic N) is 1. The van der Waals surface area contributed by atoms with E-state index in [0.29, 0.717) is 17.4 Å². The van der Waals surface area contributed by atoms with Crippen LogP contribution in [0.4, 0.5) is 0 Å². The molecule has 1 heterocycles. The molecule has 3 nitrogen and oxygen atoms in total. The second-order valence-electron chi connectivity index (χ2n) is 4.56. The molecule has 0 fully saturated rings. The van der Waals surface area contributed by atoms with Crippen LogP contribution in [-0.4, -0.2) is 10.1 Å². The first-order chi connectivity index (χ1) is 9.11. The lowest BCUT2D eigenvalue weighted by Crippen LogP contribution is -1.98. The maximum atomic E-state index is 9.29. The average Bonchev–Trinajstić information content (AvgIpc) is 2.41. The van der Waals surface area contributed by atoms with E-state index < -0.39 is 0 Å². The summed E-state index contributed by atoms with van der Waals surface area (Å²) in [7, 11) is 0. The van der Waals surface area contributed by atoms with Crippen LogP contribution in [0.1, 0.15) is 30.9 Å². The fourth-order valence-corrected chi connectivity index (χ4v) is 2.18. The van der Waals surface area contributed by atoms with E-state index in [-0.39, 0.29) is 6.61 Å². The van der Waals surface area contributed by atoms with Crippen molar-refractivity contribution in [2.75, 3.05) is 0 Å². The average molecular weight is 322 g/mol. The topological polar surface area (TPSA) is 42.4 Å². The zero-order valence-corrected chi connectivity index (χ0v) is 12.5. The van der Waals surface area contributed by atoms with Gasteiger partial charge >= 0.3 is 0 Å². The van der Waals surface area contributed by atoms with Crippen LogP contribution in [0.5, 0.6) is 11.6 Å². The third-order valence-electron chi connectivity index (χ3n) is 2.82. The van der Waals surface area contributed by atoms with Crippen molar-refractivity contribution in [2.24, 2.45) is 0 Å². The molecule has 100 valence electrons. The number of rotatable bonds is 4. The molecule has 0 amide bonds. The number of ether oxygens (including phenoxy) is 1. The number of aromatic nitrogens is 1. The number of hydrogen-bond acceptors (Lipinski definition) is 3. The molecular formula is C15H16BrNO2. The molecule has 1 N–H and O–H groups in total. The van der Waals surface area contributed by atoms with Gasteiger partial charge in [0.2, 0.25) is 5.88 Å². The van der Waals surface area contributed by atoms with Crippen molar-refractivity contribution < 1.29 is 9.84 Å². The molecule has 0 aliphatic rings. The van der Waals surface area contributed by atoms with Gasteiger partial charge in [-0.25, -0.2) is 4.98 Å². The Hall–Kier alpha value is -1.39. The van der Waals surface area contributed by atoms with Gasteiger partial charge in [0.05, 0.1) is 6.61 Å². The summed E-state index contributed by atoms with van der Waals surface area (Å²) >= 11 is 3.47. The van der Waals surface area contributed by atoms with Crippen LogP contribution in [0, 0.1) is 0 Å². The lowest BCUT2D eigenvalue weighted by Gasteiger charge is -2.15. The van der Waals surface area contributed by atoms with Gasteiger partial charge < -0.3 is 9.84 Å². The number of aliphatic hydroxyl groups excluding tert-OH is 1. The van der Waals surface area contributed by atoms with Crippen LogP contribution in [0.15, 0.2) is 41.0 Å². The van der Waals surface area contributed by atoms with Crippen LogP contribution in [0.25, 0.3) is 0 Å². The Morgan fingerprint density at radius 2 is 2.11 bits per heavy atom. The summed E-state index contributed by atoms with van der Waals surface area (Å²) in [5.41, 5.74) is 1.78. The fraction of sp³-hybridized carbons (Fsp3) is 0.267. The highest BCUT2D eigenvalue weighted by Gasteiger charge is 2.12. The van der Waals surface area contributed by atoms with Crippen molar-refractivity contribution in [3.63, 3.8) is 0 Å². The van der Waals surface area contributed by atoms with Gasteiger partial charge in [-0.15, -0.1) is 0 Å². The van der Waals surface area contributed by atoms with E-state index in [9.17, 15) is 5.11 Å². The second kappa shape index (κ2) is 6.17. The minimum absolute atomic E-state index is 0.0866. The Kier molecular flexibility index (Phi) is 4.56. The standard InChI is InChI=1S/C15H16BrNO2/c1-10(2)13-8-12(16)5-6-14(13)19-15-11(9-18)4-3-7-17-15/h3-8,10,18H,9H2,1-2H3. The Labute approximate surface area is 121 Å². The SMILES string of the molecule is CC(C)c1cc(Br)ccc1Oc1ncccc1CO. The normalized spacial score (nSPS) is 10.8. The lowest BCUT2D eigenvalue weighted by atomic mass is 10.0. The quantitative estimate of drug-likeness (QED) is 0.915. The van der Waals surface area contributed by atoms with Crippen LogP contribution >= 0.6 is 15.9 Å². The van der Waals surface area contributed by atoms with Crippen LogP contribution in [0.3, 0.4) is 0 Å². The van der Waals surface area contributed by atoms with Crippen molar-refractivity contribution in [1.29, 1.82) is 0 Å². The van der Waals surface area contributed by atoms with Crippen LogP contribution in [0.2, 0.25) is 0 Å². The number of benzene rings is 1. The Morgan fingerprint density at radius 1 is 1.32 bits per heavy atom. The molecule has 0 unspecified atom stereocenters. The molecule has 0 spiro atoms. The molecule has 0 bridgehead atoms. The minimum Gasteiger partial charge on any atom is -0.438 e. The van der Waals surface area contributed by atoms with Crippen molar-refractivity contribution in [2.45, 2.75) is 26.4 Å². The molecule has 0 aliphatic carbocycles. The van der Waals surface area contributed by atoms with Gasteiger partial charge in [0, 0.05) is 16.2 Å². The highest BCUT2D eigenvalue weighted by molar-refractivity contribution is 9.10. The van der Waals surface area contributed by atoms with Gasteiger partial charge in [-0.1, -0.05) is 29.8 Å². The highest BCUT2D eigenvalue weighted by atomic mass is 79.9. The fourth-order valence-electron chi connectivity index (χ4n) is 1.80. The number of aliphatic hydroxyl groups is 1. The van der Waals surface area contributed by atoms with E-state index in [0.717, 1.165) is 15.8 Å². The zero-order chi connectivity index (χ0) is 13.8. The lowest BCUT2D eigenvalue weighted by molar-refractivity contribution is 0.275. The van der Waals surface area contributed by atoms with E-state index in [1.807, 2.05) is 18.2 Å². The number of pyridine rings is 1. The third kappa shape index (κ3) is 3.33. The van der Waals surface area contributed by atoms with E-state index in [2.05, 4.69) is 34.8 Å². The molecule has 2 rings (SSSR count). The van der Waals surface area contributed by atoms with Crippen molar-refractivity contribution >= 4 is 15.9 Å². The molecule has 4 heteroatoms. The smallest absolute Gasteiger partial charge is 0.224 e. The molecule has 19 heavy (non-hydrogen) atoms. The number of hydrogen-bond donors (Lipinski definition) is 1. The minimum atomic E-state index is -0.0866. The van der Waals surface area contributed by atoms with E-state index in [4.69, 9.17) is 4.74 Å². The molecule has 0 aliphatic heterocycles. The molecular weight excluding hydrogens is 306 g/mol. The number of halogens is 1. The molecule has 2 aromatic rings. The first kappa shape index (κ1) is 14.0. The molecule has 0 saturated heterocycles. The highest BCUT2D eigenvalue weighted by Crippen LogP contribution is 2.33. The summed E-state index contributed by atoms with van der Waals surface area (Å²) in [6, 6.07) is 9.47. The van der Waals surface area contributed by atoms with Crippen molar-refractivity contribution in [3.05, 3.63) is 52.1 Å². The Bertz CT molecular complexity index is 570. The van der Waals surface area contributed by atoms with Gasteiger partial charge in [0.25, 0.3) is 0 Å². The van der Waals surface area contributed by atoms with E-state index >= 15 is 0 Å². The molecule has 0 atom stereocenters. The maximum Gasteiger partial charge on any atom is 0.224 e. The summed E-state index contributed by atoms with van der Waals surface area (Å²) in [6.07, 6.45) is 1.66. The van der Waals surface area contributed by atoms with Crippen LogP contribution < -0.4 is 4.74 Å². The van der Waals surface area contributed by atoms with Crippen LogP contribution in [-0.2, 0) is 6.61 Å². The first-order valence-corrected chi connectivity index (χ1v) is 6.93. The summed E-state index contributed by atoms with van der Waals surface area (Å²) in [5.74, 6) is 1.56. The predicted molar refractivity (Wildman–Crippen MR) is 78.5 cm³/mol. The van der Waals surface area contributed by atoms with Gasteiger partial charge in [0.15, 0.2) is 0 Å². The molecule has 1 aromatic heterocycles. The Balaban J connectivity index is 2.38. The van der Waals surface area contributed by atoms with Gasteiger partial charge in [0.1, 0.15) is 5.75 Å². The zero-order valence-electron chi connectivity index (χ0n) is 10.9. The van der Waals surface area contributed by atoms with E-state index in [1.165, 1.54) is 0 Å². The molecule has 0 radical (unpaired) electrons. The summed E-state index contributed by atoms with van der Waals surface area (Å²) in [5, 5.41) is 9.29. The predicted octanol–water partition coefficient (Wildman–Crippen LogP) is 4.25. The van der Waals surface area contributed by atoms with Crippen molar-refractivity contribution in [1.82, 2.24) is 4.98 Å². The van der Waals surface area contributed by atoms with Gasteiger partial charge in [-0.3, -0.25) is 0 Å². The monoisotopic (exact) mass is 321 g/mol. The third-order valence-corrected chi connectivity index (χ3v) is 3.31. The largest absolute Gasteiger partial charge is 0.438 e. The molecule has 1 aromatic carbocycles. The Morgan fingerprint density at radius 3 is 2.79 bits per heavy atom. The maximum absolute atomic E-state index is 9.29. The summed E-state index contributed by atoms with van der Waals surface area (Å²) in [6.45, 7) is 4.14. The van der Waals surface area contributed by atoms with Crippen molar-refractivity contribution in [3.8, 4) is 11.6 Å². The van der Waals surface area contributed by atoms with E-state index in [1.54, 1.807) is 18.3 Å². The molecule has 0 saturated carbocycles. The summed E-state index contributed by atoms with van der Waals surface area (Å²) in [4.78, 5) is 4.17.